The molecule has 3 rings (SSSR count). The number of benzene rings is 2. The van der Waals surface area contributed by atoms with Gasteiger partial charge in [-0.2, -0.15) is 0 Å². The molecule has 0 saturated carbocycles. The molecule has 71 valence electrons. The van der Waals surface area contributed by atoms with E-state index in [0.29, 0.717) is 5.56 Å². The van der Waals surface area contributed by atoms with E-state index in [1.165, 1.54) is 22.3 Å². The van der Waals surface area contributed by atoms with Crippen molar-refractivity contribution in [2.24, 2.45) is 0 Å². The predicted octanol–water partition coefficient (Wildman–Crippen LogP) is 2.72. The largest absolute Gasteiger partial charge is 0.285 e. The second kappa shape index (κ2) is 3.06. The average Bonchev–Trinajstić information content (AvgIpc) is 2.66. The minimum absolute atomic E-state index is 0.640. The van der Waals surface area contributed by atoms with Crippen LogP contribution in [-0.4, -0.2) is 6.29 Å². The third-order valence-corrected chi connectivity index (χ3v) is 2.91. The van der Waals surface area contributed by atoms with Crippen LogP contribution >= 0.6 is 0 Å². The Labute approximate surface area is 88.4 Å². The zero-order valence-electron chi connectivity index (χ0n) is 8.16. The number of fused-ring (bicyclic) bond motifs is 3. The Morgan fingerprint density at radius 3 is 2.60 bits per heavy atom. The van der Waals surface area contributed by atoms with Crippen molar-refractivity contribution in [1.82, 2.24) is 0 Å². The summed E-state index contributed by atoms with van der Waals surface area (Å²) in [5.74, 6) is 0. The first kappa shape index (κ1) is 8.42. The van der Waals surface area contributed by atoms with Crippen LogP contribution in [0.25, 0.3) is 11.1 Å². The molecule has 0 heterocycles. The third-order valence-electron chi connectivity index (χ3n) is 2.91. The fourth-order valence-corrected chi connectivity index (χ4v) is 2.21. The molecule has 0 spiro atoms. The van der Waals surface area contributed by atoms with Crippen LogP contribution in [0.2, 0.25) is 0 Å². The molecule has 2 aromatic carbocycles. The molecule has 1 nitrogen and oxygen atoms in total. The molecule has 0 N–H and O–H groups in total. The van der Waals surface area contributed by atoms with Gasteiger partial charge in [-0.05, 0) is 34.7 Å². The van der Waals surface area contributed by atoms with E-state index in [4.69, 9.17) is 0 Å². The van der Waals surface area contributed by atoms with Crippen LogP contribution < -0.4 is 0 Å². The SMILES string of the molecule is O=[C]c1ccc2c(c1)Cc1ccccc1-2. The topological polar surface area (TPSA) is 17.1 Å². The molecule has 15 heavy (non-hydrogen) atoms. The van der Waals surface area contributed by atoms with E-state index in [1.807, 2.05) is 30.6 Å². The van der Waals surface area contributed by atoms with Crippen molar-refractivity contribution in [2.75, 3.05) is 0 Å². The average molecular weight is 193 g/mol. The first-order valence-electron chi connectivity index (χ1n) is 4.98. The summed E-state index contributed by atoms with van der Waals surface area (Å²) in [5.41, 5.74) is 5.77. The van der Waals surface area contributed by atoms with E-state index >= 15 is 0 Å². The normalized spacial score (nSPS) is 12.0. The van der Waals surface area contributed by atoms with E-state index in [1.54, 1.807) is 0 Å². The highest BCUT2D eigenvalue weighted by atomic mass is 16.1. The number of hydrogen-bond acceptors (Lipinski definition) is 1. The molecule has 2 aromatic rings. The van der Waals surface area contributed by atoms with Gasteiger partial charge < -0.3 is 0 Å². The molecular weight excluding hydrogens is 184 g/mol. The second-order valence-corrected chi connectivity index (χ2v) is 3.81. The van der Waals surface area contributed by atoms with Gasteiger partial charge in [-0.25, -0.2) is 0 Å². The Hall–Kier alpha value is -1.89. The van der Waals surface area contributed by atoms with Crippen LogP contribution in [0.1, 0.15) is 16.7 Å². The first-order valence-corrected chi connectivity index (χ1v) is 4.98. The van der Waals surface area contributed by atoms with Gasteiger partial charge in [-0.3, -0.25) is 4.79 Å². The highest BCUT2D eigenvalue weighted by molar-refractivity contribution is 5.82. The van der Waals surface area contributed by atoms with E-state index in [-0.39, 0.29) is 0 Å². The molecule has 0 atom stereocenters. The van der Waals surface area contributed by atoms with Crippen LogP contribution in [0, 0.1) is 0 Å². The van der Waals surface area contributed by atoms with Crippen molar-refractivity contribution in [3.05, 3.63) is 59.2 Å². The van der Waals surface area contributed by atoms with Crippen LogP contribution in [0.15, 0.2) is 42.5 Å². The van der Waals surface area contributed by atoms with Gasteiger partial charge in [-0.1, -0.05) is 36.4 Å². The zero-order valence-corrected chi connectivity index (χ0v) is 8.16. The molecule has 0 bridgehead atoms. The fourth-order valence-electron chi connectivity index (χ4n) is 2.21. The van der Waals surface area contributed by atoms with Crippen LogP contribution in [0.5, 0.6) is 0 Å². The van der Waals surface area contributed by atoms with Gasteiger partial charge in [0, 0.05) is 5.56 Å². The lowest BCUT2D eigenvalue weighted by atomic mass is 10.0. The summed E-state index contributed by atoms with van der Waals surface area (Å²) in [6.45, 7) is 0. The van der Waals surface area contributed by atoms with Gasteiger partial charge in [0.25, 0.3) is 0 Å². The molecule has 1 heteroatoms. The lowest BCUT2D eigenvalue weighted by Crippen LogP contribution is -1.84. The Morgan fingerprint density at radius 2 is 1.73 bits per heavy atom. The summed E-state index contributed by atoms with van der Waals surface area (Å²) in [4.78, 5) is 10.6. The standard InChI is InChI=1S/C14H9O/c15-9-10-5-6-14-12(7-10)8-11-3-1-2-4-13(11)14/h1-7H,8H2. The van der Waals surface area contributed by atoms with Crippen LogP contribution in [0.3, 0.4) is 0 Å². The molecular formula is C14H9O. The summed E-state index contributed by atoms with van der Waals surface area (Å²) >= 11 is 0. The Kier molecular flexibility index (Phi) is 1.72. The van der Waals surface area contributed by atoms with E-state index in [2.05, 4.69) is 18.2 Å². The van der Waals surface area contributed by atoms with Crippen molar-refractivity contribution in [3.63, 3.8) is 0 Å². The van der Waals surface area contributed by atoms with E-state index in [0.717, 1.165) is 6.42 Å². The monoisotopic (exact) mass is 193 g/mol. The molecule has 0 unspecified atom stereocenters. The number of rotatable bonds is 1. The highest BCUT2D eigenvalue weighted by Gasteiger charge is 2.17. The molecule has 1 aliphatic carbocycles. The van der Waals surface area contributed by atoms with Gasteiger partial charge in [0.1, 0.15) is 0 Å². The maximum absolute atomic E-state index is 10.6. The maximum atomic E-state index is 10.6. The summed E-state index contributed by atoms with van der Waals surface area (Å²) in [6, 6.07) is 14.1. The van der Waals surface area contributed by atoms with E-state index in [9.17, 15) is 4.79 Å². The molecule has 0 aliphatic heterocycles. The van der Waals surface area contributed by atoms with Gasteiger partial charge in [0.05, 0.1) is 0 Å². The lowest BCUT2D eigenvalue weighted by molar-refractivity contribution is 0.562. The zero-order chi connectivity index (χ0) is 10.3. The summed E-state index contributed by atoms with van der Waals surface area (Å²) < 4.78 is 0. The molecule has 1 radical (unpaired) electrons. The van der Waals surface area contributed by atoms with Crippen molar-refractivity contribution < 1.29 is 4.79 Å². The number of hydrogen-bond donors (Lipinski definition) is 0. The van der Waals surface area contributed by atoms with Crippen LogP contribution in [-0.2, 0) is 11.2 Å². The quantitative estimate of drug-likeness (QED) is 0.580. The molecule has 1 aliphatic rings. The van der Waals surface area contributed by atoms with Crippen molar-refractivity contribution >= 4 is 6.29 Å². The fraction of sp³-hybridized carbons (Fsp3) is 0.0714. The molecule has 0 amide bonds. The third kappa shape index (κ3) is 1.20. The second-order valence-electron chi connectivity index (χ2n) is 3.81. The Bertz CT molecular complexity index is 541. The maximum Gasteiger partial charge on any atom is 0.233 e. The minimum atomic E-state index is 0.640. The van der Waals surface area contributed by atoms with Gasteiger partial charge in [0.15, 0.2) is 0 Å². The van der Waals surface area contributed by atoms with Gasteiger partial charge in [-0.15, -0.1) is 0 Å². The summed E-state index contributed by atoms with van der Waals surface area (Å²) in [7, 11) is 0. The summed E-state index contributed by atoms with van der Waals surface area (Å²) in [6.07, 6.45) is 2.87. The molecule has 0 saturated heterocycles. The number of carbonyl (C=O) groups excluding carboxylic acids is 1. The highest BCUT2D eigenvalue weighted by Crippen LogP contribution is 2.36. The predicted molar refractivity (Wildman–Crippen MR) is 59.5 cm³/mol. The smallest absolute Gasteiger partial charge is 0.233 e. The van der Waals surface area contributed by atoms with Gasteiger partial charge >= 0.3 is 0 Å². The lowest BCUT2D eigenvalue weighted by Gasteiger charge is -1.99. The van der Waals surface area contributed by atoms with Crippen molar-refractivity contribution in [2.45, 2.75) is 6.42 Å². The molecule has 0 fully saturated rings. The Balaban J connectivity index is 2.22. The molecule has 0 aromatic heterocycles. The van der Waals surface area contributed by atoms with Gasteiger partial charge in [0.2, 0.25) is 6.29 Å². The Morgan fingerprint density at radius 1 is 0.933 bits per heavy atom. The van der Waals surface area contributed by atoms with Crippen molar-refractivity contribution in [3.8, 4) is 11.1 Å². The van der Waals surface area contributed by atoms with Crippen LogP contribution in [0.4, 0.5) is 0 Å². The van der Waals surface area contributed by atoms with E-state index < -0.39 is 0 Å². The van der Waals surface area contributed by atoms with Crippen molar-refractivity contribution in [1.29, 1.82) is 0 Å². The first-order chi connectivity index (χ1) is 7.38. The minimum Gasteiger partial charge on any atom is -0.285 e. The summed E-state index contributed by atoms with van der Waals surface area (Å²) in [5, 5.41) is 0.